The summed E-state index contributed by atoms with van der Waals surface area (Å²) in [5.74, 6) is 0.394. The maximum Gasteiger partial charge on any atom is 0.291 e. The number of aromatic amines is 1. The normalized spacial score (nSPS) is 12.0. The van der Waals surface area contributed by atoms with E-state index in [0.29, 0.717) is 5.82 Å². The third kappa shape index (κ3) is 3.55. The van der Waals surface area contributed by atoms with Gasteiger partial charge in [-0.3, -0.25) is 9.89 Å². The number of nitriles is 1. The Morgan fingerprint density at radius 1 is 1.39 bits per heavy atom. The standard InChI is InChI=1S/C12H19N5O/c1-11(2,3)10-15-8(16-17-10)9(18)14-7-12(4,5)6-13/h7H2,1-5H3,(H,14,18)(H,15,16,17). The molecule has 6 heteroatoms. The van der Waals surface area contributed by atoms with Gasteiger partial charge >= 0.3 is 0 Å². The summed E-state index contributed by atoms with van der Waals surface area (Å²) in [6.07, 6.45) is 0. The Balaban J connectivity index is 2.70. The fourth-order valence-electron chi connectivity index (χ4n) is 1.12. The molecule has 0 aromatic carbocycles. The van der Waals surface area contributed by atoms with E-state index in [1.54, 1.807) is 13.8 Å². The van der Waals surface area contributed by atoms with Gasteiger partial charge in [0, 0.05) is 12.0 Å². The molecule has 2 N–H and O–H groups in total. The van der Waals surface area contributed by atoms with E-state index in [9.17, 15) is 4.79 Å². The van der Waals surface area contributed by atoms with Crippen LogP contribution >= 0.6 is 0 Å². The highest BCUT2D eigenvalue weighted by Gasteiger charge is 2.23. The van der Waals surface area contributed by atoms with Crippen molar-refractivity contribution in [2.75, 3.05) is 6.54 Å². The van der Waals surface area contributed by atoms with Gasteiger partial charge in [0.05, 0.1) is 11.5 Å². The molecule has 1 rings (SSSR count). The van der Waals surface area contributed by atoms with E-state index in [4.69, 9.17) is 5.26 Å². The lowest BCUT2D eigenvalue weighted by Crippen LogP contribution is -2.33. The average molecular weight is 249 g/mol. The average Bonchev–Trinajstić information content (AvgIpc) is 2.75. The third-order valence-electron chi connectivity index (χ3n) is 2.39. The van der Waals surface area contributed by atoms with Crippen LogP contribution in [0.2, 0.25) is 0 Å². The minimum absolute atomic E-state index is 0.105. The Labute approximate surface area is 107 Å². The Morgan fingerprint density at radius 2 is 2.00 bits per heavy atom. The van der Waals surface area contributed by atoms with E-state index < -0.39 is 5.41 Å². The van der Waals surface area contributed by atoms with Crippen molar-refractivity contribution in [3.63, 3.8) is 0 Å². The van der Waals surface area contributed by atoms with Gasteiger partial charge in [-0.15, -0.1) is 5.10 Å². The van der Waals surface area contributed by atoms with Crippen molar-refractivity contribution in [2.24, 2.45) is 5.41 Å². The number of nitrogens with one attached hydrogen (secondary N) is 2. The van der Waals surface area contributed by atoms with Crippen LogP contribution in [0.1, 0.15) is 51.1 Å². The maximum absolute atomic E-state index is 11.8. The summed E-state index contributed by atoms with van der Waals surface area (Å²) >= 11 is 0. The predicted octanol–water partition coefficient (Wildman–Crippen LogP) is 1.38. The van der Waals surface area contributed by atoms with E-state index in [-0.39, 0.29) is 23.7 Å². The van der Waals surface area contributed by atoms with Crippen molar-refractivity contribution >= 4 is 5.91 Å². The first-order valence-electron chi connectivity index (χ1n) is 5.78. The van der Waals surface area contributed by atoms with Crippen LogP contribution in [0.15, 0.2) is 0 Å². The van der Waals surface area contributed by atoms with Gasteiger partial charge in [0.15, 0.2) is 0 Å². The summed E-state index contributed by atoms with van der Waals surface area (Å²) in [4.78, 5) is 15.9. The van der Waals surface area contributed by atoms with Crippen LogP contribution in [-0.2, 0) is 5.41 Å². The Hall–Kier alpha value is -1.90. The highest BCUT2D eigenvalue weighted by molar-refractivity contribution is 5.90. The molecule has 6 nitrogen and oxygen atoms in total. The predicted molar refractivity (Wildman–Crippen MR) is 66.8 cm³/mol. The number of carbonyl (C=O) groups is 1. The topological polar surface area (TPSA) is 94.5 Å². The highest BCUT2D eigenvalue weighted by Crippen LogP contribution is 2.17. The molecule has 0 fully saturated rings. The van der Waals surface area contributed by atoms with Crippen molar-refractivity contribution < 1.29 is 4.79 Å². The molecule has 0 aliphatic carbocycles. The van der Waals surface area contributed by atoms with E-state index in [1.165, 1.54) is 0 Å². The molecule has 1 aromatic rings. The molecular weight excluding hydrogens is 230 g/mol. The van der Waals surface area contributed by atoms with Crippen LogP contribution in [0.5, 0.6) is 0 Å². The lowest BCUT2D eigenvalue weighted by molar-refractivity contribution is 0.0933. The zero-order valence-electron chi connectivity index (χ0n) is 11.5. The van der Waals surface area contributed by atoms with Gasteiger partial charge in [0.2, 0.25) is 5.82 Å². The van der Waals surface area contributed by atoms with Crippen molar-refractivity contribution in [2.45, 2.75) is 40.0 Å². The van der Waals surface area contributed by atoms with Crippen LogP contribution in [0.3, 0.4) is 0 Å². The summed E-state index contributed by atoms with van der Waals surface area (Å²) in [5, 5.41) is 18.1. The molecule has 0 bridgehead atoms. The summed E-state index contributed by atoms with van der Waals surface area (Å²) in [6.45, 7) is 9.72. The second-order valence-corrected chi connectivity index (χ2v) is 5.94. The Bertz CT molecular complexity index is 475. The molecular formula is C12H19N5O. The SMILES string of the molecule is CC(C)(C#N)CNC(=O)c1n[nH]c(C(C)(C)C)n1. The van der Waals surface area contributed by atoms with Gasteiger partial charge in [-0.05, 0) is 13.8 Å². The van der Waals surface area contributed by atoms with Crippen molar-refractivity contribution in [3.05, 3.63) is 11.6 Å². The van der Waals surface area contributed by atoms with Crippen molar-refractivity contribution in [3.8, 4) is 6.07 Å². The van der Waals surface area contributed by atoms with Crippen molar-refractivity contribution in [1.82, 2.24) is 20.5 Å². The fourth-order valence-corrected chi connectivity index (χ4v) is 1.12. The van der Waals surface area contributed by atoms with Crippen LogP contribution in [0.25, 0.3) is 0 Å². The zero-order valence-corrected chi connectivity index (χ0v) is 11.5. The number of carbonyl (C=O) groups excluding carboxylic acids is 1. The molecule has 1 aromatic heterocycles. The molecule has 0 radical (unpaired) electrons. The first-order chi connectivity index (χ1) is 8.15. The van der Waals surface area contributed by atoms with Gasteiger partial charge in [-0.25, -0.2) is 4.98 Å². The summed E-state index contributed by atoms with van der Waals surface area (Å²) < 4.78 is 0. The highest BCUT2D eigenvalue weighted by atomic mass is 16.2. The summed E-state index contributed by atoms with van der Waals surface area (Å²) in [5.41, 5.74) is -0.781. The molecule has 0 saturated heterocycles. The van der Waals surface area contributed by atoms with Gasteiger partial charge in [-0.2, -0.15) is 5.26 Å². The number of aromatic nitrogens is 3. The molecule has 0 aliphatic rings. The van der Waals surface area contributed by atoms with Crippen LogP contribution < -0.4 is 5.32 Å². The fraction of sp³-hybridized carbons (Fsp3) is 0.667. The zero-order chi connectivity index (χ0) is 14.0. The van der Waals surface area contributed by atoms with Crippen LogP contribution in [0, 0.1) is 16.7 Å². The van der Waals surface area contributed by atoms with E-state index in [1.807, 2.05) is 20.8 Å². The monoisotopic (exact) mass is 249 g/mol. The minimum atomic E-state index is -0.598. The number of amides is 1. The maximum atomic E-state index is 11.8. The molecule has 18 heavy (non-hydrogen) atoms. The lowest BCUT2D eigenvalue weighted by atomic mass is 9.96. The number of hydrogen-bond donors (Lipinski definition) is 2. The van der Waals surface area contributed by atoms with Crippen LogP contribution in [-0.4, -0.2) is 27.6 Å². The second-order valence-electron chi connectivity index (χ2n) is 5.94. The quantitative estimate of drug-likeness (QED) is 0.846. The minimum Gasteiger partial charge on any atom is -0.348 e. The molecule has 1 heterocycles. The Morgan fingerprint density at radius 3 is 2.44 bits per heavy atom. The molecule has 0 atom stereocenters. The van der Waals surface area contributed by atoms with Crippen LogP contribution in [0.4, 0.5) is 0 Å². The van der Waals surface area contributed by atoms with E-state index >= 15 is 0 Å². The third-order valence-corrected chi connectivity index (χ3v) is 2.39. The first-order valence-corrected chi connectivity index (χ1v) is 5.78. The molecule has 98 valence electrons. The van der Waals surface area contributed by atoms with Crippen molar-refractivity contribution in [1.29, 1.82) is 5.26 Å². The van der Waals surface area contributed by atoms with Gasteiger partial charge in [-0.1, -0.05) is 20.8 Å². The molecule has 0 aliphatic heterocycles. The molecule has 1 amide bonds. The smallest absolute Gasteiger partial charge is 0.291 e. The number of H-pyrrole nitrogens is 1. The van der Waals surface area contributed by atoms with Gasteiger partial charge in [0.25, 0.3) is 5.91 Å². The number of hydrogen-bond acceptors (Lipinski definition) is 4. The lowest BCUT2D eigenvalue weighted by Gasteiger charge is -2.15. The Kier molecular flexibility index (Phi) is 3.75. The van der Waals surface area contributed by atoms with E-state index in [2.05, 4.69) is 26.6 Å². The number of nitrogens with zero attached hydrogens (tertiary/aromatic N) is 3. The second kappa shape index (κ2) is 4.77. The van der Waals surface area contributed by atoms with Gasteiger partial charge < -0.3 is 5.32 Å². The summed E-state index contributed by atoms with van der Waals surface area (Å²) in [6, 6.07) is 2.11. The first kappa shape index (κ1) is 14.2. The molecule has 0 spiro atoms. The summed E-state index contributed by atoms with van der Waals surface area (Å²) in [7, 11) is 0. The molecule has 0 unspecified atom stereocenters. The largest absolute Gasteiger partial charge is 0.348 e. The molecule has 0 saturated carbocycles. The van der Waals surface area contributed by atoms with Gasteiger partial charge in [0.1, 0.15) is 5.82 Å². The van der Waals surface area contributed by atoms with E-state index in [0.717, 1.165) is 0 Å². The number of rotatable bonds is 3.